The van der Waals surface area contributed by atoms with E-state index < -0.39 is 0 Å². The average molecular weight is 178 g/mol. The second-order valence-electron chi connectivity index (χ2n) is 4.55. The molecule has 0 saturated carbocycles. The molecule has 1 heterocycles. The van der Waals surface area contributed by atoms with E-state index in [0.717, 1.165) is 5.69 Å². The standard InChI is InChI=1S/C11H18N2/c1-8-6-5-7-13-9(8)10(12)11(2,3)4/h5-7,10H,12H2,1-4H3/t10-/m0/s1. The number of hydrogen-bond acceptors (Lipinski definition) is 2. The van der Waals surface area contributed by atoms with Gasteiger partial charge in [-0.25, -0.2) is 0 Å². The van der Waals surface area contributed by atoms with E-state index in [9.17, 15) is 0 Å². The Hall–Kier alpha value is -0.890. The highest BCUT2D eigenvalue weighted by molar-refractivity contribution is 5.22. The average Bonchev–Trinajstić information content (AvgIpc) is 2.02. The number of aromatic nitrogens is 1. The summed E-state index contributed by atoms with van der Waals surface area (Å²) in [5.41, 5.74) is 8.36. The molecule has 0 spiro atoms. The van der Waals surface area contributed by atoms with Crippen molar-refractivity contribution in [3.8, 4) is 0 Å². The molecular weight excluding hydrogens is 160 g/mol. The van der Waals surface area contributed by atoms with E-state index in [1.54, 1.807) is 6.20 Å². The molecule has 0 aliphatic carbocycles. The lowest BCUT2D eigenvalue weighted by molar-refractivity contribution is 0.320. The topological polar surface area (TPSA) is 38.9 Å². The van der Waals surface area contributed by atoms with E-state index >= 15 is 0 Å². The van der Waals surface area contributed by atoms with Crippen LogP contribution in [0.1, 0.15) is 38.1 Å². The van der Waals surface area contributed by atoms with E-state index in [1.165, 1.54) is 5.56 Å². The van der Waals surface area contributed by atoms with E-state index in [2.05, 4.69) is 25.8 Å². The van der Waals surface area contributed by atoms with Crippen molar-refractivity contribution >= 4 is 0 Å². The number of pyridine rings is 1. The van der Waals surface area contributed by atoms with Crippen molar-refractivity contribution in [1.82, 2.24) is 4.98 Å². The molecule has 2 heteroatoms. The van der Waals surface area contributed by atoms with Gasteiger partial charge in [0.2, 0.25) is 0 Å². The maximum atomic E-state index is 6.11. The van der Waals surface area contributed by atoms with Crippen molar-refractivity contribution in [2.45, 2.75) is 33.7 Å². The Kier molecular flexibility index (Phi) is 2.71. The fraction of sp³-hybridized carbons (Fsp3) is 0.545. The molecule has 0 aromatic carbocycles. The number of rotatable bonds is 1. The highest BCUT2D eigenvalue weighted by atomic mass is 14.8. The molecule has 13 heavy (non-hydrogen) atoms. The number of hydrogen-bond donors (Lipinski definition) is 1. The third-order valence-corrected chi connectivity index (χ3v) is 2.28. The van der Waals surface area contributed by atoms with Crippen LogP contribution < -0.4 is 5.73 Å². The molecule has 1 aromatic rings. The van der Waals surface area contributed by atoms with Gasteiger partial charge in [0.25, 0.3) is 0 Å². The minimum atomic E-state index is 0.00806. The molecule has 0 fully saturated rings. The fourth-order valence-corrected chi connectivity index (χ4v) is 1.23. The van der Waals surface area contributed by atoms with Crippen LogP contribution in [0.25, 0.3) is 0 Å². The number of nitrogens with two attached hydrogens (primary N) is 1. The first kappa shape index (κ1) is 10.2. The minimum Gasteiger partial charge on any atom is -0.322 e. The maximum absolute atomic E-state index is 6.11. The lowest BCUT2D eigenvalue weighted by atomic mass is 9.84. The van der Waals surface area contributed by atoms with Crippen LogP contribution in [0.2, 0.25) is 0 Å². The van der Waals surface area contributed by atoms with Gasteiger partial charge in [-0.15, -0.1) is 0 Å². The molecule has 0 aliphatic rings. The predicted molar refractivity (Wildman–Crippen MR) is 55.4 cm³/mol. The van der Waals surface area contributed by atoms with Crippen LogP contribution in [0.4, 0.5) is 0 Å². The van der Waals surface area contributed by atoms with Gasteiger partial charge in [-0.05, 0) is 24.0 Å². The largest absolute Gasteiger partial charge is 0.322 e. The van der Waals surface area contributed by atoms with Gasteiger partial charge in [0.15, 0.2) is 0 Å². The van der Waals surface area contributed by atoms with Gasteiger partial charge in [0.1, 0.15) is 0 Å². The second-order valence-corrected chi connectivity index (χ2v) is 4.55. The van der Waals surface area contributed by atoms with Crippen LogP contribution in [-0.2, 0) is 0 Å². The van der Waals surface area contributed by atoms with Crippen molar-refractivity contribution in [3.05, 3.63) is 29.6 Å². The van der Waals surface area contributed by atoms with Crippen molar-refractivity contribution < 1.29 is 0 Å². The summed E-state index contributed by atoms with van der Waals surface area (Å²) in [6, 6.07) is 4.00. The van der Waals surface area contributed by atoms with E-state index in [4.69, 9.17) is 5.73 Å². The first-order chi connectivity index (χ1) is 5.93. The van der Waals surface area contributed by atoms with Crippen molar-refractivity contribution in [1.29, 1.82) is 0 Å². The van der Waals surface area contributed by atoms with E-state index in [1.807, 2.05) is 19.1 Å². The molecule has 0 bridgehead atoms. The molecular formula is C11H18N2. The zero-order chi connectivity index (χ0) is 10.1. The Balaban J connectivity index is 3.02. The molecule has 2 nitrogen and oxygen atoms in total. The van der Waals surface area contributed by atoms with Gasteiger partial charge in [-0.3, -0.25) is 4.98 Å². The van der Waals surface area contributed by atoms with E-state index in [-0.39, 0.29) is 11.5 Å². The molecule has 1 aromatic heterocycles. The van der Waals surface area contributed by atoms with Crippen LogP contribution in [0, 0.1) is 12.3 Å². The van der Waals surface area contributed by atoms with Crippen molar-refractivity contribution in [2.75, 3.05) is 0 Å². The van der Waals surface area contributed by atoms with Gasteiger partial charge in [0, 0.05) is 6.20 Å². The highest BCUT2D eigenvalue weighted by Gasteiger charge is 2.24. The molecule has 0 saturated heterocycles. The Morgan fingerprint density at radius 3 is 2.46 bits per heavy atom. The molecule has 0 radical (unpaired) electrons. The summed E-state index contributed by atoms with van der Waals surface area (Å²) in [4.78, 5) is 4.32. The summed E-state index contributed by atoms with van der Waals surface area (Å²) in [5.74, 6) is 0. The molecule has 0 unspecified atom stereocenters. The van der Waals surface area contributed by atoms with Crippen LogP contribution in [-0.4, -0.2) is 4.98 Å². The molecule has 1 atom stereocenters. The van der Waals surface area contributed by atoms with Crippen LogP contribution in [0.3, 0.4) is 0 Å². The highest BCUT2D eigenvalue weighted by Crippen LogP contribution is 2.30. The van der Waals surface area contributed by atoms with Gasteiger partial charge in [0.05, 0.1) is 11.7 Å². The Morgan fingerprint density at radius 1 is 1.38 bits per heavy atom. The van der Waals surface area contributed by atoms with Gasteiger partial charge in [-0.1, -0.05) is 26.8 Å². The maximum Gasteiger partial charge on any atom is 0.0605 e. The first-order valence-electron chi connectivity index (χ1n) is 4.60. The molecule has 0 amide bonds. The quantitative estimate of drug-likeness (QED) is 0.717. The molecule has 72 valence electrons. The fourth-order valence-electron chi connectivity index (χ4n) is 1.23. The van der Waals surface area contributed by atoms with Crippen LogP contribution in [0.15, 0.2) is 18.3 Å². The zero-order valence-corrected chi connectivity index (χ0v) is 8.83. The second kappa shape index (κ2) is 3.46. The summed E-state index contributed by atoms with van der Waals surface area (Å²) in [6.07, 6.45) is 1.80. The molecule has 0 aliphatic heterocycles. The summed E-state index contributed by atoms with van der Waals surface area (Å²) in [5, 5.41) is 0. The number of aryl methyl sites for hydroxylation is 1. The van der Waals surface area contributed by atoms with Gasteiger partial charge in [-0.2, -0.15) is 0 Å². The molecule has 2 N–H and O–H groups in total. The third kappa shape index (κ3) is 2.28. The summed E-state index contributed by atoms with van der Waals surface area (Å²) < 4.78 is 0. The number of nitrogens with zero attached hydrogens (tertiary/aromatic N) is 1. The van der Waals surface area contributed by atoms with Crippen molar-refractivity contribution in [3.63, 3.8) is 0 Å². The van der Waals surface area contributed by atoms with E-state index in [0.29, 0.717) is 0 Å². The summed E-state index contributed by atoms with van der Waals surface area (Å²) in [6.45, 7) is 8.44. The Morgan fingerprint density at radius 2 is 2.00 bits per heavy atom. The zero-order valence-electron chi connectivity index (χ0n) is 8.83. The first-order valence-corrected chi connectivity index (χ1v) is 4.60. The van der Waals surface area contributed by atoms with Gasteiger partial charge >= 0.3 is 0 Å². The molecule has 1 rings (SSSR count). The van der Waals surface area contributed by atoms with Gasteiger partial charge < -0.3 is 5.73 Å². The summed E-state index contributed by atoms with van der Waals surface area (Å²) in [7, 11) is 0. The normalized spacial score (nSPS) is 14.2. The Labute approximate surface area is 80.2 Å². The Bertz CT molecular complexity index is 286. The van der Waals surface area contributed by atoms with Crippen molar-refractivity contribution in [2.24, 2.45) is 11.1 Å². The summed E-state index contributed by atoms with van der Waals surface area (Å²) >= 11 is 0. The van der Waals surface area contributed by atoms with Crippen LogP contribution >= 0.6 is 0 Å². The predicted octanol–water partition coefficient (Wildman–Crippen LogP) is 2.44. The van der Waals surface area contributed by atoms with Crippen LogP contribution in [0.5, 0.6) is 0 Å². The lowest BCUT2D eigenvalue weighted by Crippen LogP contribution is -2.27. The smallest absolute Gasteiger partial charge is 0.0605 e. The monoisotopic (exact) mass is 178 g/mol. The third-order valence-electron chi connectivity index (χ3n) is 2.28. The SMILES string of the molecule is Cc1cccnc1[C@H](N)C(C)(C)C. The lowest BCUT2D eigenvalue weighted by Gasteiger charge is -2.27. The minimum absolute atomic E-state index is 0.00806.